The highest BCUT2D eigenvalue weighted by atomic mass is 16.1. The Morgan fingerprint density at radius 3 is 3.19 bits per heavy atom. The molecule has 0 atom stereocenters. The van der Waals surface area contributed by atoms with Gasteiger partial charge < -0.3 is 10.3 Å². The fourth-order valence-electron chi connectivity index (χ4n) is 1.28. The zero-order valence-electron chi connectivity index (χ0n) is 8.77. The standard InChI is InChI=1S/C10H11N5O/c1-7(16)11-4-2-3-8-9-10(14-5-12-8)15-6-13-9/h2-3,5-6H,4H2,1H3,(H,11,16)(H,12,13,14,15). The summed E-state index contributed by atoms with van der Waals surface area (Å²) in [5.74, 6) is -0.0565. The van der Waals surface area contributed by atoms with E-state index in [1.54, 1.807) is 6.33 Å². The van der Waals surface area contributed by atoms with E-state index in [2.05, 4.69) is 25.3 Å². The van der Waals surface area contributed by atoms with Gasteiger partial charge in [0.05, 0.1) is 12.0 Å². The lowest BCUT2D eigenvalue weighted by molar-refractivity contribution is -0.118. The number of carbonyl (C=O) groups excluding carboxylic acids is 1. The fraction of sp³-hybridized carbons (Fsp3) is 0.200. The monoisotopic (exact) mass is 217 g/mol. The smallest absolute Gasteiger partial charge is 0.217 e. The van der Waals surface area contributed by atoms with Crippen molar-refractivity contribution in [2.75, 3.05) is 6.54 Å². The number of imidazole rings is 1. The van der Waals surface area contributed by atoms with Gasteiger partial charge in [-0.05, 0) is 6.08 Å². The van der Waals surface area contributed by atoms with E-state index in [-0.39, 0.29) is 5.91 Å². The number of rotatable bonds is 3. The molecule has 0 aromatic carbocycles. The molecule has 0 radical (unpaired) electrons. The predicted molar refractivity (Wildman–Crippen MR) is 59.4 cm³/mol. The van der Waals surface area contributed by atoms with Gasteiger partial charge in [0.15, 0.2) is 5.65 Å². The van der Waals surface area contributed by atoms with Gasteiger partial charge in [0, 0.05) is 13.5 Å². The van der Waals surface area contributed by atoms with Crippen LogP contribution in [0.15, 0.2) is 18.7 Å². The van der Waals surface area contributed by atoms with Crippen molar-refractivity contribution in [3.8, 4) is 0 Å². The van der Waals surface area contributed by atoms with Crippen LogP contribution in [0.1, 0.15) is 12.6 Å². The summed E-state index contributed by atoms with van der Waals surface area (Å²) in [6, 6.07) is 0. The maximum Gasteiger partial charge on any atom is 0.217 e. The predicted octanol–water partition coefficient (Wildman–Crippen LogP) is 0.502. The molecule has 16 heavy (non-hydrogen) atoms. The van der Waals surface area contributed by atoms with E-state index in [1.165, 1.54) is 13.3 Å². The number of hydrogen-bond acceptors (Lipinski definition) is 4. The first-order valence-electron chi connectivity index (χ1n) is 4.82. The molecule has 0 aliphatic heterocycles. The van der Waals surface area contributed by atoms with Crippen molar-refractivity contribution in [2.24, 2.45) is 0 Å². The molecule has 0 saturated heterocycles. The fourth-order valence-corrected chi connectivity index (χ4v) is 1.28. The van der Waals surface area contributed by atoms with Gasteiger partial charge in [-0.1, -0.05) is 6.08 Å². The normalized spacial score (nSPS) is 11.1. The average molecular weight is 217 g/mol. The molecule has 6 heteroatoms. The second-order valence-electron chi connectivity index (χ2n) is 3.20. The van der Waals surface area contributed by atoms with E-state index < -0.39 is 0 Å². The summed E-state index contributed by atoms with van der Waals surface area (Å²) < 4.78 is 0. The Hall–Kier alpha value is -2.24. The summed E-state index contributed by atoms with van der Waals surface area (Å²) in [6.45, 7) is 1.96. The van der Waals surface area contributed by atoms with E-state index in [1.807, 2.05) is 12.2 Å². The summed E-state index contributed by atoms with van der Waals surface area (Å²) in [7, 11) is 0. The van der Waals surface area contributed by atoms with Crippen molar-refractivity contribution in [3.63, 3.8) is 0 Å². The number of aromatic nitrogens is 4. The van der Waals surface area contributed by atoms with Crippen molar-refractivity contribution >= 4 is 23.1 Å². The lowest BCUT2D eigenvalue weighted by atomic mass is 10.3. The van der Waals surface area contributed by atoms with Gasteiger partial charge in [-0.15, -0.1) is 0 Å². The van der Waals surface area contributed by atoms with Crippen LogP contribution in [0.3, 0.4) is 0 Å². The summed E-state index contributed by atoms with van der Waals surface area (Å²) in [5, 5.41) is 2.66. The van der Waals surface area contributed by atoms with Gasteiger partial charge in [-0.25, -0.2) is 15.0 Å². The highest BCUT2D eigenvalue weighted by Gasteiger charge is 2.01. The van der Waals surface area contributed by atoms with Crippen LogP contribution in [0.2, 0.25) is 0 Å². The van der Waals surface area contributed by atoms with Crippen LogP contribution in [0, 0.1) is 0 Å². The topological polar surface area (TPSA) is 83.6 Å². The molecule has 0 saturated carbocycles. The summed E-state index contributed by atoms with van der Waals surface area (Å²) in [6.07, 6.45) is 6.67. The Morgan fingerprint density at radius 2 is 2.38 bits per heavy atom. The van der Waals surface area contributed by atoms with Crippen LogP contribution >= 0.6 is 0 Å². The molecule has 0 spiro atoms. The average Bonchev–Trinajstić information content (AvgIpc) is 2.72. The maximum atomic E-state index is 10.6. The molecule has 1 amide bonds. The number of nitrogens with one attached hydrogen (secondary N) is 2. The van der Waals surface area contributed by atoms with E-state index >= 15 is 0 Å². The molecule has 2 rings (SSSR count). The van der Waals surface area contributed by atoms with E-state index in [0.29, 0.717) is 12.2 Å². The van der Waals surface area contributed by atoms with Gasteiger partial charge in [-0.3, -0.25) is 4.79 Å². The maximum absolute atomic E-state index is 10.6. The third kappa shape index (κ3) is 2.22. The van der Waals surface area contributed by atoms with Gasteiger partial charge in [0.2, 0.25) is 5.91 Å². The number of nitrogens with zero attached hydrogens (tertiary/aromatic N) is 3. The molecule has 6 nitrogen and oxygen atoms in total. The third-order valence-electron chi connectivity index (χ3n) is 2.00. The Balaban J connectivity index is 2.14. The third-order valence-corrected chi connectivity index (χ3v) is 2.00. The minimum atomic E-state index is -0.0565. The van der Waals surface area contributed by atoms with Gasteiger partial charge in [0.25, 0.3) is 0 Å². The Morgan fingerprint density at radius 1 is 1.50 bits per heavy atom. The summed E-state index contributed by atoms with van der Waals surface area (Å²) >= 11 is 0. The number of carbonyl (C=O) groups is 1. The van der Waals surface area contributed by atoms with Crippen molar-refractivity contribution in [1.29, 1.82) is 0 Å². The van der Waals surface area contributed by atoms with Crippen molar-refractivity contribution in [1.82, 2.24) is 25.3 Å². The van der Waals surface area contributed by atoms with Gasteiger partial charge in [-0.2, -0.15) is 0 Å². The molecule has 0 unspecified atom stereocenters. The highest BCUT2D eigenvalue weighted by Crippen LogP contribution is 2.10. The van der Waals surface area contributed by atoms with Crippen LogP contribution in [0.4, 0.5) is 0 Å². The summed E-state index contributed by atoms with van der Waals surface area (Å²) in [4.78, 5) is 25.7. The Labute approximate surface area is 91.8 Å². The van der Waals surface area contributed by atoms with Crippen molar-refractivity contribution in [2.45, 2.75) is 6.92 Å². The van der Waals surface area contributed by atoms with Crippen LogP contribution in [0.25, 0.3) is 17.2 Å². The lowest BCUT2D eigenvalue weighted by Gasteiger charge is -1.95. The lowest BCUT2D eigenvalue weighted by Crippen LogP contribution is -2.19. The first-order valence-corrected chi connectivity index (χ1v) is 4.82. The quantitative estimate of drug-likeness (QED) is 0.784. The first-order chi connectivity index (χ1) is 7.77. The molecule has 2 aromatic heterocycles. The molecular formula is C10H11N5O. The zero-order chi connectivity index (χ0) is 11.4. The number of hydrogen-bond donors (Lipinski definition) is 2. The molecule has 0 aliphatic carbocycles. The number of amides is 1. The highest BCUT2D eigenvalue weighted by molar-refractivity contribution is 5.79. The molecule has 0 aliphatic rings. The van der Waals surface area contributed by atoms with E-state index in [4.69, 9.17) is 0 Å². The zero-order valence-corrected chi connectivity index (χ0v) is 8.77. The SMILES string of the molecule is CC(=O)NCC=Cc1ncnc2nc[nH]c12. The first kappa shape index (κ1) is 10.3. The molecule has 0 bridgehead atoms. The van der Waals surface area contributed by atoms with Crippen LogP contribution in [-0.2, 0) is 4.79 Å². The minimum absolute atomic E-state index is 0.0565. The van der Waals surface area contributed by atoms with Crippen LogP contribution in [0.5, 0.6) is 0 Å². The number of H-pyrrole nitrogens is 1. The molecule has 82 valence electrons. The largest absolute Gasteiger partial charge is 0.353 e. The van der Waals surface area contributed by atoms with E-state index in [0.717, 1.165) is 11.2 Å². The van der Waals surface area contributed by atoms with E-state index in [9.17, 15) is 4.79 Å². The molecule has 2 heterocycles. The number of fused-ring (bicyclic) bond motifs is 1. The van der Waals surface area contributed by atoms with Crippen molar-refractivity contribution < 1.29 is 4.79 Å². The second-order valence-corrected chi connectivity index (χ2v) is 3.20. The Kier molecular flexibility index (Phi) is 2.90. The van der Waals surface area contributed by atoms with Crippen LogP contribution < -0.4 is 5.32 Å². The molecule has 2 aromatic rings. The molecular weight excluding hydrogens is 206 g/mol. The summed E-state index contributed by atoms with van der Waals surface area (Å²) in [5.41, 5.74) is 2.18. The Bertz CT molecular complexity index is 531. The van der Waals surface area contributed by atoms with Crippen LogP contribution in [-0.4, -0.2) is 32.4 Å². The second kappa shape index (κ2) is 4.52. The number of aromatic amines is 1. The molecule has 2 N–H and O–H groups in total. The molecule has 0 fully saturated rings. The minimum Gasteiger partial charge on any atom is -0.353 e. The van der Waals surface area contributed by atoms with Gasteiger partial charge >= 0.3 is 0 Å². The van der Waals surface area contributed by atoms with Crippen molar-refractivity contribution in [3.05, 3.63) is 24.4 Å². The van der Waals surface area contributed by atoms with Gasteiger partial charge in [0.1, 0.15) is 11.8 Å².